The fourth-order valence-corrected chi connectivity index (χ4v) is 4.33. The molecule has 4 nitrogen and oxygen atoms in total. The van der Waals surface area contributed by atoms with Gasteiger partial charge in [-0.25, -0.2) is 0 Å². The quantitative estimate of drug-likeness (QED) is 0.632. The van der Waals surface area contributed by atoms with Crippen molar-refractivity contribution in [1.82, 2.24) is 0 Å². The first-order valence-corrected chi connectivity index (χ1v) is 8.17. The maximum Gasteiger partial charge on any atom is 0.305 e. The molecule has 5 heteroatoms. The van der Waals surface area contributed by atoms with Gasteiger partial charge in [-0.15, -0.1) is 11.8 Å². The highest BCUT2D eigenvalue weighted by Crippen LogP contribution is 2.42. The van der Waals surface area contributed by atoms with Crippen molar-refractivity contribution in [3.63, 3.8) is 0 Å². The number of hydrogen-bond donors (Lipinski definition) is 1. The fourth-order valence-electron chi connectivity index (χ4n) is 2.80. The first kappa shape index (κ1) is 15.2. The highest BCUT2D eigenvalue weighted by atomic mass is 32.2. The van der Waals surface area contributed by atoms with E-state index in [9.17, 15) is 10.1 Å². The summed E-state index contributed by atoms with van der Waals surface area (Å²) in [5.74, 6) is 0.734. The van der Waals surface area contributed by atoms with Crippen molar-refractivity contribution in [3.05, 3.63) is 28.3 Å². The van der Waals surface area contributed by atoms with Crippen molar-refractivity contribution in [2.75, 3.05) is 11.9 Å². The Labute approximate surface area is 124 Å². The predicted molar refractivity (Wildman–Crippen MR) is 84.5 cm³/mol. The van der Waals surface area contributed by atoms with Gasteiger partial charge < -0.3 is 5.32 Å². The number of hydrogen-bond acceptors (Lipinski definition) is 4. The number of nitrogens with one attached hydrogen (secondary N) is 1. The van der Waals surface area contributed by atoms with E-state index in [0.717, 1.165) is 23.7 Å². The second-order valence-electron chi connectivity index (χ2n) is 5.45. The minimum atomic E-state index is -0.257. The van der Waals surface area contributed by atoms with Crippen LogP contribution in [-0.4, -0.2) is 16.7 Å². The van der Waals surface area contributed by atoms with Gasteiger partial charge in [0.2, 0.25) is 0 Å². The molecule has 0 radical (unpaired) electrons. The van der Waals surface area contributed by atoms with Crippen molar-refractivity contribution >= 4 is 23.1 Å². The Morgan fingerprint density at radius 2 is 2.25 bits per heavy atom. The van der Waals surface area contributed by atoms with E-state index in [-0.39, 0.29) is 10.6 Å². The molecule has 1 aliphatic carbocycles. The molecule has 2 unspecified atom stereocenters. The van der Waals surface area contributed by atoms with Crippen LogP contribution in [0.4, 0.5) is 11.4 Å². The molecule has 0 spiro atoms. The summed E-state index contributed by atoms with van der Waals surface area (Å²) in [6, 6.07) is 5.57. The third-order valence-electron chi connectivity index (χ3n) is 3.73. The van der Waals surface area contributed by atoms with E-state index in [1.54, 1.807) is 17.8 Å². The van der Waals surface area contributed by atoms with Gasteiger partial charge in [0, 0.05) is 11.8 Å². The van der Waals surface area contributed by atoms with Gasteiger partial charge in [-0.1, -0.05) is 25.8 Å². The number of nitrogens with zero attached hydrogens (tertiary/aromatic N) is 1. The Kier molecular flexibility index (Phi) is 5.29. The van der Waals surface area contributed by atoms with E-state index in [2.05, 4.69) is 12.2 Å². The largest absolute Gasteiger partial charge is 0.380 e. The second kappa shape index (κ2) is 6.97. The average molecular weight is 294 g/mol. The van der Waals surface area contributed by atoms with Crippen LogP contribution in [0.3, 0.4) is 0 Å². The highest BCUT2D eigenvalue weighted by Gasteiger charge is 2.25. The lowest BCUT2D eigenvalue weighted by molar-refractivity contribution is -0.386. The van der Waals surface area contributed by atoms with Crippen LogP contribution in [-0.2, 0) is 0 Å². The van der Waals surface area contributed by atoms with E-state index in [1.165, 1.54) is 12.8 Å². The summed E-state index contributed by atoms with van der Waals surface area (Å²) in [4.78, 5) is 11.9. The van der Waals surface area contributed by atoms with Crippen LogP contribution in [0.5, 0.6) is 0 Å². The van der Waals surface area contributed by atoms with Crippen molar-refractivity contribution in [2.45, 2.75) is 49.7 Å². The zero-order chi connectivity index (χ0) is 14.5. The maximum atomic E-state index is 11.4. The fraction of sp³-hybridized carbons (Fsp3) is 0.600. The molecule has 110 valence electrons. The van der Waals surface area contributed by atoms with Crippen molar-refractivity contribution < 1.29 is 4.92 Å². The Balaban J connectivity index is 2.21. The summed E-state index contributed by atoms with van der Waals surface area (Å²) in [6.07, 6.45) is 4.85. The molecule has 1 N–H and O–H groups in total. The van der Waals surface area contributed by atoms with Crippen molar-refractivity contribution in [2.24, 2.45) is 5.92 Å². The van der Waals surface area contributed by atoms with Gasteiger partial charge >= 0.3 is 5.69 Å². The van der Waals surface area contributed by atoms with Crippen molar-refractivity contribution in [1.29, 1.82) is 0 Å². The summed E-state index contributed by atoms with van der Waals surface area (Å²) in [5, 5.41) is 15.0. The maximum absolute atomic E-state index is 11.4. The third kappa shape index (κ3) is 3.66. The normalized spacial score (nSPS) is 22.5. The second-order valence-corrected chi connectivity index (χ2v) is 6.79. The van der Waals surface area contributed by atoms with Crippen LogP contribution in [0, 0.1) is 16.0 Å². The molecule has 0 amide bonds. The summed E-state index contributed by atoms with van der Waals surface area (Å²) < 4.78 is 0. The highest BCUT2D eigenvalue weighted by molar-refractivity contribution is 8.00. The van der Waals surface area contributed by atoms with Gasteiger partial charge in [0.05, 0.1) is 9.82 Å². The predicted octanol–water partition coefficient (Wildman–Crippen LogP) is 4.70. The van der Waals surface area contributed by atoms with Gasteiger partial charge in [-0.2, -0.15) is 0 Å². The monoisotopic (exact) mass is 294 g/mol. The molecule has 20 heavy (non-hydrogen) atoms. The number of para-hydroxylation sites is 1. The molecular weight excluding hydrogens is 272 g/mol. The van der Waals surface area contributed by atoms with Crippen LogP contribution >= 0.6 is 11.8 Å². The van der Waals surface area contributed by atoms with Gasteiger partial charge in [0.25, 0.3) is 0 Å². The van der Waals surface area contributed by atoms with Gasteiger partial charge in [0.1, 0.15) is 5.69 Å². The minimum Gasteiger partial charge on any atom is -0.380 e. The van der Waals surface area contributed by atoms with Crippen molar-refractivity contribution in [3.8, 4) is 0 Å². The van der Waals surface area contributed by atoms with Gasteiger partial charge in [0.15, 0.2) is 0 Å². The molecular formula is C15H22N2O2S. The van der Waals surface area contributed by atoms with Crippen LogP contribution in [0.25, 0.3) is 0 Å². The number of anilines is 1. The molecule has 1 aromatic rings. The van der Waals surface area contributed by atoms with Crippen LogP contribution in [0.1, 0.15) is 39.5 Å². The molecule has 2 atom stereocenters. The summed E-state index contributed by atoms with van der Waals surface area (Å²) in [6.45, 7) is 4.91. The Morgan fingerprint density at radius 1 is 1.45 bits per heavy atom. The van der Waals surface area contributed by atoms with Crippen LogP contribution in [0.15, 0.2) is 23.1 Å². The summed E-state index contributed by atoms with van der Waals surface area (Å²) in [7, 11) is 0. The molecule has 1 aliphatic rings. The number of nitro benzene ring substituents is 1. The molecule has 0 aliphatic heterocycles. The SMILES string of the molecule is CCNc1cccc(SC2CCCC(C)C2)c1[N+](=O)[O-]. The first-order chi connectivity index (χ1) is 9.61. The zero-order valence-corrected chi connectivity index (χ0v) is 12.9. The van der Waals surface area contributed by atoms with Crippen LogP contribution in [0.2, 0.25) is 0 Å². The lowest BCUT2D eigenvalue weighted by Gasteiger charge is -2.26. The average Bonchev–Trinajstić information content (AvgIpc) is 2.39. The van der Waals surface area contributed by atoms with E-state index in [1.807, 2.05) is 19.1 Å². The molecule has 1 aromatic carbocycles. The first-order valence-electron chi connectivity index (χ1n) is 7.29. The van der Waals surface area contributed by atoms with E-state index < -0.39 is 0 Å². The molecule has 2 rings (SSSR count). The molecule has 0 bridgehead atoms. The molecule has 0 saturated heterocycles. The smallest absolute Gasteiger partial charge is 0.305 e. The van der Waals surface area contributed by atoms with E-state index in [4.69, 9.17) is 0 Å². The van der Waals surface area contributed by atoms with E-state index in [0.29, 0.717) is 17.5 Å². The van der Waals surface area contributed by atoms with E-state index >= 15 is 0 Å². The summed E-state index contributed by atoms with van der Waals surface area (Å²) in [5.41, 5.74) is 0.865. The standard InChI is InChI=1S/C15H22N2O2S/c1-3-16-13-8-5-9-14(15(13)17(18)19)20-12-7-4-6-11(2)10-12/h5,8-9,11-12,16H,3-4,6-7,10H2,1-2H3. The Bertz CT molecular complexity index is 479. The Hall–Kier alpha value is -1.23. The number of rotatable bonds is 5. The number of benzene rings is 1. The topological polar surface area (TPSA) is 55.2 Å². The minimum absolute atomic E-state index is 0.234. The molecule has 1 fully saturated rings. The number of thioether (sulfide) groups is 1. The summed E-state index contributed by atoms with van der Waals surface area (Å²) >= 11 is 1.68. The van der Waals surface area contributed by atoms with Gasteiger partial charge in [-0.05, 0) is 37.8 Å². The third-order valence-corrected chi connectivity index (χ3v) is 5.08. The molecule has 1 saturated carbocycles. The zero-order valence-electron chi connectivity index (χ0n) is 12.1. The lowest BCUT2D eigenvalue weighted by atomic mass is 9.91. The van der Waals surface area contributed by atoms with Gasteiger partial charge in [-0.3, -0.25) is 10.1 Å². The lowest BCUT2D eigenvalue weighted by Crippen LogP contribution is -2.15. The number of nitro groups is 1. The van der Waals surface area contributed by atoms with Crippen LogP contribution < -0.4 is 5.32 Å². The molecule has 0 heterocycles. The molecule has 0 aromatic heterocycles. The Morgan fingerprint density at radius 3 is 2.90 bits per heavy atom.